The first-order valence-corrected chi connectivity index (χ1v) is 5.80. The first-order valence-electron chi connectivity index (χ1n) is 5.80. The van der Waals surface area contributed by atoms with E-state index in [0.717, 1.165) is 12.5 Å². The maximum Gasteiger partial charge on any atom is 0.339 e. The third kappa shape index (κ3) is 2.87. The topological polar surface area (TPSA) is 88.2 Å². The Morgan fingerprint density at radius 2 is 2.41 bits per heavy atom. The standard InChI is InChI=1S/C12H17N3O2/c1-7(8-2-3-8)5-14-11-10(12(16)17)4-9(13)6-15-11/h4,6-8H,2-3,5,13H2,1H3,(H,14,15)(H,16,17). The molecule has 1 heterocycles. The molecule has 0 amide bonds. The quantitative estimate of drug-likeness (QED) is 0.724. The molecule has 1 atom stereocenters. The monoisotopic (exact) mass is 235 g/mol. The lowest BCUT2D eigenvalue weighted by molar-refractivity contribution is 0.0697. The van der Waals surface area contributed by atoms with E-state index in [0.29, 0.717) is 17.4 Å². The summed E-state index contributed by atoms with van der Waals surface area (Å²) in [7, 11) is 0. The van der Waals surface area contributed by atoms with E-state index >= 15 is 0 Å². The smallest absolute Gasteiger partial charge is 0.339 e. The van der Waals surface area contributed by atoms with Gasteiger partial charge in [-0.3, -0.25) is 0 Å². The molecule has 1 aromatic rings. The molecule has 0 radical (unpaired) electrons. The molecule has 0 aromatic carbocycles. The van der Waals surface area contributed by atoms with Crippen molar-refractivity contribution in [2.75, 3.05) is 17.6 Å². The van der Waals surface area contributed by atoms with Crippen LogP contribution in [-0.4, -0.2) is 22.6 Å². The minimum atomic E-state index is -1.01. The second-order valence-corrected chi connectivity index (χ2v) is 4.67. The molecule has 92 valence electrons. The molecule has 17 heavy (non-hydrogen) atoms. The largest absolute Gasteiger partial charge is 0.478 e. The number of carboxylic acid groups (broad SMARTS) is 1. The van der Waals surface area contributed by atoms with Gasteiger partial charge >= 0.3 is 5.97 Å². The van der Waals surface area contributed by atoms with Gasteiger partial charge in [-0.05, 0) is 30.7 Å². The van der Waals surface area contributed by atoms with Gasteiger partial charge in [0.25, 0.3) is 0 Å². The third-order valence-corrected chi connectivity index (χ3v) is 3.16. The minimum absolute atomic E-state index is 0.132. The molecule has 5 heteroatoms. The van der Waals surface area contributed by atoms with E-state index in [2.05, 4.69) is 17.2 Å². The van der Waals surface area contributed by atoms with Crippen molar-refractivity contribution in [3.05, 3.63) is 17.8 Å². The number of aromatic carboxylic acids is 1. The fourth-order valence-electron chi connectivity index (χ4n) is 1.87. The zero-order chi connectivity index (χ0) is 12.4. The average Bonchev–Trinajstić information content (AvgIpc) is 3.10. The van der Waals surface area contributed by atoms with E-state index in [9.17, 15) is 4.79 Å². The van der Waals surface area contributed by atoms with Crippen LogP contribution in [0.2, 0.25) is 0 Å². The maximum atomic E-state index is 11.0. The van der Waals surface area contributed by atoms with Crippen molar-refractivity contribution in [3.63, 3.8) is 0 Å². The molecule has 1 aliphatic rings. The van der Waals surface area contributed by atoms with Crippen LogP contribution in [0.3, 0.4) is 0 Å². The van der Waals surface area contributed by atoms with Crippen LogP contribution in [0, 0.1) is 11.8 Å². The van der Waals surface area contributed by atoms with E-state index in [4.69, 9.17) is 10.8 Å². The summed E-state index contributed by atoms with van der Waals surface area (Å²) in [6, 6.07) is 1.43. The lowest BCUT2D eigenvalue weighted by atomic mass is 10.1. The van der Waals surface area contributed by atoms with Crippen LogP contribution in [0.1, 0.15) is 30.1 Å². The Balaban J connectivity index is 2.06. The zero-order valence-electron chi connectivity index (χ0n) is 9.81. The van der Waals surface area contributed by atoms with Gasteiger partial charge in [-0.1, -0.05) is 6.92 Å². The lowest BCUT2D eigenvalue weighted by Crippen LogP contribution is -2.16. The fraction of sp³-hybridized carbons (Fsp3) is 0.500. The van der Waals surface area contributed by atoms with Crippen LogP contribution in [0.5, 0.6) is 0 Å². The Labute approximate surface area is 100 Å². The molecule has 4 N–H and O–H groups in total. The molecule has 1 fully saturated rings. The number of pyridine rings is 1. The molecule has 1 unspecified atom stereocenters. The predicted octanol–water partition coefficient (Wildman–Crippen LogP) is 1.82. The summed E-state index contributed by atoms with van der Waals surface area (Å²) in [6.45, 7) is 2.92. The number of nitrogens with zero attached hydrogens (tertiary/aromatic N) is 1. The average molecular weight is 235 g/mol. The van der Waals surface area contributed by atoms with Crippen LogP contribution < -0.4 is 11.1 Å². The van der Waals surface area contributed by atoms with Gasteiger partial charge in [-0.2, -0.15) is 0 Å². The Morgan fingerprint density at radius 3 is 3.00 bits per heavy atom. The maximum absolute atomic E-state index is 11.0. The van der Waals surface area contributed by atoms with Crippen LogP contribution in [0.15, 0.2) is 12.3 Å². The second-order valence-electron chi connectivity index (χ2n) is 4.67. The molecular formula is C12H17N3O2. The number of rotatable bonds is 5. The summed E-state index contributed by atoms with van der Waals surface area (Å²) in [5.74, 6) is 0.728. The highest BCUT2D eigenvalue weighted by Gasteiger charge is 2.27. The van der Waals surface area contributed by atoms with Crippen molar-refractivity contribution in [1.29, 1.82) is 0 Å². The van der Waals surface area contributed by atoms with Crippen molar-refractivity contribution in [2.24, 2.45) is 11.8 Å². The molecule has 1 aromatic heterocycles. The highest BCUT2D eigenvalue weighted by atomic mass is 16.4. The van der Waals surface area contributed by atoms with Crippen molar-refractivity contribution >= 4 is 17.5 Å². The molecule has 5 nitrogen and oxygen atoms in total. The summed E-state index contributed by atoms with van der Waals surface area (Å²) in [5.41, 5.74) is 6.02. The van der Waals surface area contributed by atoms with E-state index in [1.165, 1.54) is 25.1 Å². The van der Waals surface area contributed by atoms with E-state index in [1.54, 1.807) is 0 Å². The molecule has 0 spiro atoms. The van der Waals surface area contributed by atoms with Gasteiger partial charge in [0.05, 0.1) is 11.9 Å². The SMILES string of the molecule is CC(CNc1ncc(N)cc1C(=O)O)C1CC1. The molecule has 2 rings (SSSR count). The molecule has 0 aliphatic heterocycles. The Kier molecular flexibility index (Phi) is 3.17. The Bertz CT molecular complexity index is 430. The first-order chi connectivity index (χ1) is 8.08. The number of aromatic nitrogens is 1. The number of nitrogens with one attached hydrogen (secondary N) is 1. The van der Waals surface area contributed by atoms with Crippen molar-refractivity contribution in [2.45, 2.75) is 19.8 Å². The number of nitrogen functional groups attached to an aromatic ring is 1. The highest BCUT2D eigenvalue weighted by Crippen LogP contribution is 2.36. The van der Waals surface area contributed by atoms with Gasteiger partial charge in [0.1, 0.15) is 11.4 Å². The first kappa shape index (κ1) is 11.7. The van der Waals surface area contributed by atoms with Crippen LogP contribution >= 0.6 is 0 Å². The van der Waals surface area contributed by atoms with Crippen molar-refractivity contribution in [1.82, 2.24) is 4.98 Å². The van der Waals surface area contributed by atoms with Gasteiger partial charge in [0.15, 0.2) is 0 Å². The number of anilines is 2. The lowest BCUT2D eigenvalue weighted by Gasteiger charge is -2.13. The van der Waals surface area contributed by atoms with Crippen molar-refractivity contribution in [3.8, 4) is 0 Å². The summed E-state index contributed by atoms with van der Waals surface area (Å²) >= 11 is 0. The third-order valence-electron chi connectivity index (χ3n) is 3.16. The molecule has 1 aliphatic carbocycles. The highest BCUT2D eigenvalue weighted by molar-refractivity contribution is 5.94. The summed E-state index contributed by atoms with van der Waals surface area (Å²) < 4.78 is 0. The molecule has 0 saturated heterocycles. The van der Waals surface area contributed by atoms with E-state index in [1.807, 2.05) is 0 Å². The summed E-state index contributed by atoms with van der Waals surface area (Å²) in [4.78, 5) is 15.1. The number of carbonyl (C=O) groups is 1. The number of carboxylic acids is 1. The van der Waals surface area contributed by atoms with Crippen LogP contribution in [0.4, 0.5) is 11.5 Å². The number of hydrogen-bond acceptors (Lipinski definition) is 4. The summed E-state index contributed by atoms with van der Waals surface area (Å²) in [5, 5.41) is 12.1. The Morgan fingerprint density at radius 1 is 1.71 bits per heavy atom. The second kappa shape index (κ2) is 4.61. The predicted molar refractivity (Wildman–Crippen MR) is 66.0 cm³/mol. The number of nitrogens with two attached hydrogens (primary N) is 1. The van der Waals surface area contributed by atoms with Gasteiger partial charge < -0.3 is 16.2 Å². The van der Waals surface area contributed by atoms with E-state index in [-0.39, 0.29) is 5.56 Å². The van der Waals surface area contributed by atoms with Crippen molar-refractivity contribution < 1.29 is 9.90 Å². The van der Waals surface area contributed by atoms with E-state index < -0.39 is 5.97 Å². The molecular weight excluding hydrogens is 218 g/mol. The summed E-state index contributed by atoms with van der Waals surface area (Å²) in [6.07, 6.45) is 4.03. The van der Waals surface area contributed by atoms with Crippen LogP contribution in [-0.2, 0) is 0 Å². The Hall–Kier alpha value is -1.78. The minimum Gasteiger partial charge on any atom is -0.478 e. The molecule has 0 bridgehead atoms. The fourth-order valence-corrected chi connectivity index (χ4v) is 1.87. The number of hydrogen-bond donors (Lipinski definition) is 3. The van der Waals surface area contributed by atoms with Gasteiger partial charge in [-0.15, -0.1) is 0 Å². The van der Waals surface area contributed by atoms with Gasteiger partial charge in [0, 0.05) is 6.54 Å². The molecule has 1 saturated carbocycles. The van der Waals surface area contributed by atoms with Gasteiger partial charge in [0.2, 0.25) is 0 Å². The van der Waals surface area contributed by atoms with Gasteiger partial charge in [-0.25, -0.2) is 9.78 Å². The van der Waals surface area contributed by atoms with Crippen LogP contribution in [0.25, 0.3) is 0 Å². The normalized spacial score (nSPS) is 16.5. The zero-order valence-corrected chi connectivity index (χ0v) is 9.81.